The third kappa shape index (κ3) is 5.48. The summed E-state index contributed by atoms with van der Waals surface area (Å²) in [7, 11) is 1.56. The summed E-state index contributed by atoms with van der Waals surface area (Å²) in [6, 6.07) is 14.4. The highest BCUT2D eigenvalue weighted by atomic mass is 35.5. The molecule has 0 aliphatic rings. The van der Waals surface area contributed by atoms with Crippen LogP contribution in [0, 0.1) is 0 Å². The largest absolute Gasteiger partial charge is 0.357 e. The van der Waals surface area contributed by atoms with Gasteiger partial charge in [0, 0.05) is 20.0 Å². The molecule has 0 heterocycles. The molecule has 2 aromatic rings. The van der Waals surface area contributed by atoms with Gasteiger partial charge in [0.05, 0.1) is 10.0 Å². The number of nitrogens with one attached hydrogen (secondary N) is 1. The monoisotopic (exact) mass is 392 g/mol. The van der Waals surface area contributed by atoms with Crippen LogP contribution in [-0.2, 0) is 22.6 Å². The quantitative estimate of drug-likeness (QED) is 0.771. The molecule has 0 unspecified atom stereocenters. The molecule has 0 spiro atoms. The Morgan fingerprint density at radius 3 is 2.35 bits per heavy atom. The van der Waals surface area contributed by atoms with Crippen molar-refractivity contribution in [3.05, 3.63) is 69.7 Å². The third-order valence-corrected chi connectivity index (χ3v) is 4.96. The lowest BCUT2D eigenvalue weighted by atomic mass is 10.1. The lowest BCUT2D eigenvalue weighted by Gasteiger charge is -2.28. The van der Waals surface area contributed by atoms with Gasteiger partial charge >= 0.3 is 0 Å². The third-order valence-electron chi connectivity index (χ3n) is 4.22. The van der Waals surface area contributed by atoms with E-state index in [9.17, 15) is 9.59 Å². The molecule has 1 N–H and O–H groups in total. The highest BCUT2D eigenvalue weighted by Gasteiger charge is 2.25. The molecule has 0 bridgehead atoms. The van der Waals surface area contributed by atoms with Gasteiger partial charge < -0.3 is 10.2 Å². The highest BCUT2D eigenvalue weighted by molar-refractivity contribution is 6.42. The molecule has 0 radical (unpaired) electrons. The summed E-state index contributed by atoms with van der Waals surface area (Å²) in [5.74, 6) is -0.297. The van der Waals surface area contributed by atoms with Gasteiger partial charge in [0.15, 0.2) is 0 Å². The molecule has 2 amide bonds. The predicted octanol–water partition coefficient (Wildman–Crippen LogP) is 4.09. The van der Waals surface area contributed by atoms with E-state index in [1.54, 1.807) is 31.0 Å². The van der Waals surface area contributed by atoms with E-state index in [4.69, 9.17) is 23.2 Å². The lowest BCUT2D eigenvalue weighted by molar-refractivity contribution is -0.140. The zero-order valence-electron chi connectivity index (χ0n) is 14.8. The van der Waals surface area contributed by atoms with Crippen LogP contribution in [0.15, 0.2) is 48.5 Å². The summed E-state index contributed by atoms with van der Waals surface area (Å²) < 4.78 is 0. The zero-order chi connectivity index (χ0) is 19.1. The first-order valence-electron chi connectivity index (χ1n) is 8.41. The molecule has 0 fully saturated rings. The Labute approximate surface area is 164 Å². The van der Waals surface area contributed by atoms with Crippen LogP contribution in [0.4, 0.5) is 0 Å². The van der Waals surface area contributed by atoms with Crippen molar-refractivity contribution in [3.8, 4) is 0 Å². The number of hydrogen-bond donors (Lipinski definition) is 1. The number of hydrogen-bond acceptors (Lipinski definition) is 2. The van der Waals surface area contributed by atoms with E-state index in [2.05, 4.69) is 5.32 Å². The van der Waals surface area contributed by atoms with Crippen molar-refractivity contribution < 1.29 is 9.59 Å². The minimum absolute atomic E-state index is 0.0870. The molecule has 0 aliphatic carbocycles. The molecule has 26 heavy (non-hydrogen) atoms. The number of rotatable bonds is 7. The number of aryl methyl sites for hydroxylation is 1. The fraction of sp³-hybridized carbons (Fsp3) is 0.300. The van der Waals surface area contributed by atoms with Crippen molar-refractivity contribution in [3.63, 3.8) is 0 Å². The fourth-order valence-electron chi connectivity index (χ4n) is 2.67. The summed E-state index contributed by atoms with van der Waals surface area (Å²) in [5.41, 5.74) is 1.91. The smallest absolute Gasteiger partial charge is 0.242 e. The Morgan fingerprint density at radius 1 is 1.04 bits per heavy atom. The van der Waals surface area contributed by atoms with Crippen LogP contribution >= 0.6 is 23.2 Å². The average Bonchev–Trinajstić information content (AvgIpc) is 2.66. The first-order valence-corrected chi connectivity index (χ1v) is 9.17. The molecule has 0 saturated heterocycles. The molecule has 1 atom stereocenters. The van der Waals surface area contributed by atoms with Gasteiger partial charge in [-0.25, -0.2) is 0 Å². The van der Waals surface area contributed by atoms with Gasteiger partial charge in [-0.05, 0) is 36.6 Å². The molecule has 2 aromatic carbocycles. The summed E-state index contributed by atoms with van der Waals surface area (Å²) in [6.07, 6.45) is 0.949. The van der Waals surface area contributed by atoms with E-state index in [1.807, 2.05) is 36.4 Å². The molecule has 0 aromatic heterocycles. The number of likely N-dealkylation sites (N-methyl/N-ethyl adjacent to an activating group) is 1. The van der Waals surface area contributed by atoms with Gasteiger partial charge in [-0.2, -0.15) is 0 Å². The van der Waals surface area contributed by atoms with Crippen molar-refractivity contribution in [2.75, 3.05) is 7.05 Å². The number of nitrogens with zero attached hydrogens (tertiary/aromatic N) is 1. The minimum atomic E-state index is -0.585. The van der Waals surface area contributed by atoms with Crippen molar-refractivity contribution in [2.24, 2.45) is 0 Å². The van der Waals surface area contributed by atoms with Crippen molar-refractivity contribution in [2.45, 2.75) is 32.4 Å². The lowest BCUT2D eigenvalue weighted by Crippen LogP contribution is -2.46. The number of benzene rings is 2. The van der Waals surface area contributed by atoms with Crippen molar-refractivity contribution in [1.29, 1.82) is 0 Å². The van der Waals surface area contributed by atoms with E-state index in [1.165, 1.54) is 0 Å². The second kappa shape index (κ2) is 9.60. The van der Waals surface area contributed by atoms with Crippen LogP contribution in [0.1, 0.15) is 24.5 Å². The molecule has 2 rings (SSSR count). The predicted molar refractivity (Wildman–Crippen MR) is 105 cm³/mol. The zero-order valence-corrected chi connectivity index (χ0v) is 16.3. The molecule has 0 saturated carbocycles. The van der Waals surface area contributed by atoms with E-state index in [-0.39, 0.29) is 11.8 Å². The van der Waals surface area contributed by atoms with Gasteiger partial charge in [0.2, 0.25) is 11.8 Å². The molecule has 0 aliphatic heterocycles. The molecule has 138 valence electrons. The number of halogens is 2. The van der Waals surface area contributed by atoms with Gasteiger partial charge in [-0.3, -0.25) is 9.59 Å². The maximum absolute atomic E-state index is 12.8. The number of carbonyl (C=O) groups excluding carboxylic acids is 2. The van der Waals surface area contributed by atoms with Gasteiger partial charge in [-0.15, -0.1) is 0 Å². The summed E-state index contributed by atoms with van der Waals surface area (Å²) in [5, 5.41) is 3.48. The second-order valence-electron chi connectivity index (χ2n) is 6.05. The summed E-state index contributed by atoms with van der Waals surface area (Å²) in [4.78, 5) is 26.5. The first kappa shape index (κ1) is 20.3. The highest BCUT2D eigenvalue weighted by Crippen LogP contribution is 2.24. The Bertz CT molecular complexity index is 766. The van der Waals surface area contributed by atoms with E-state index in [0.29, 0.717) is 29.4 Å². The van der Waals surface area contributed by atoms with Crippen LogP contribution in [-0.4, -0.2) is 29.8 Å². The van der Waals surface area contributed by atoms with E-state index in [0.717, 1.165) is 11.1 Å². The maximum Gasteiger partial charge on any atom is 0.242 e. The molecule has 6 heteroatoms. The van der Waals surface area contributed by atoms with Crippen LogP contribution in [0.2, 0.25) is 10.0 Å². The van der Waals surface area contributed by atoms with E-state index < -0.39 is 6.04 Å². The SMILES string of the molecule is CNC(=O)[C@@H](C)N(Cc1ccc(Cl)c(Cl)c1)C(=O)CCc1ccccc1. The fourth-order valence-corrected chi connectivity index (χ4v) is 2.99. The Kier molecular flexibility index (Phi) is 7.49. The molecule has 4 nitrogen and oxygen atoms in total. The maximum atomic E-state index is 12.8. The topological polar surface area (TPSA) is 49.4 Å². The van der Waals surface area contributed by atoms with Gasteiger partial charge in [-0.1, -0.05) is 59.6 Å². The summed E-state index contributed by atoms with van der Waals surface area (Å²) >= 11 is 12.0. The van der Waals surface area contributed by atoms with Crippen LogP contribution in [0.3, 0.4) is 0 Å². The second-order valence-corrected chi connectivity index (χ2v) is 6.86. The molecular formula is C20H22Cl2N2O2. The standard InChI is InChI=1S/C20H22Cl2N2O2/c1-14(20(26)23-2)24(13-16-8-10-17(21)18(22)12-16)19(25)11-9-15-6-4-3-5-7-15/h3-8,10,12,14H,9,11,13H2,1-2H3,(H,23,26)/t14-/m1/s1. The number of carbonyl (C=O) groups is 2. The molecular weight excluding hydrogens is 371 g/mol. The summed E-state index contributed by atoms with van der Waals surface area (Å²) in [6.45, 7) is 2.01. The Balaban J connectivity index is 2.15. The van der Waals surface area contributed by atoms with Gasteiger partial charge in [0.1, 0.15) is 6.04 Å². The normalized spacial score (nSPS) is 11.7. The van der Waals surface area contributed by atoms with Crippen molar-refractivity contribution >= 4 is 35.0 Å². The Morgan fingerprint density at radius 2 is 1.73 bits per heavy atom. The van der Waals surface area contributed by atoms with E-state index >= 15 is 0 Å². The van der Waals surface area contributed by atoms with Crippen LogP contribution in [0.5, 0.6) is 0 Å². The average molecular weight is 393 g/mol. The number of amides is 2. The van der Waals surface area contributed by atoms with Crippen LogP contribution in [0.25, 0.3) is 0 Å². The van der Waals surface area contributed by atoms with Gasteiger partial charge in [0.25, 0.3) is 0 Å². The minimum Gasteiger partial charge on any atom is -0.357 e. The Hall–Kier alpha value is -2.04. The van der Waals surface area contributed by atoms with Crippen molar-refractivity contribution in [1.82, 2.24) is 10.2 Å². The first-order chi connectivity index (χ1) is 12.4. The van der Waals surface area contributed by atoms with Crippen LogP contribution < -0.4 is 5.32 Å².